The second-order valence-electron chi connectivity index (χ2n) is 7.30. The number of aromatic nitrogens is 3. The second kappa shape index (κ2) is 9.03. The van der Waals surface area contributed by atoms with Crippen LogP contribution in [0.4, 0.5) is 15.0 Å². The highest BCUT2D eigenvalue weighted by Gasteiger charge is 2.28. The summed E-state index contributed by atoms with van der Waals surface area (Å²) < 4.78 is 21.4. The number of hydrogen-bond acceptors (Lipinski definition) is 5. The number of piperazine rings is 1. The number of pyridine rings is 1. The van der Waals surface area contributed by atoms with E-state index in [1.54, 1.807) is 30.5 Å². The molecule has 1 atom stereocenters. The first kappa shape index (κ1) is 20.6. The van der Waals surface area contributed by atoms with Crippen LogP contribution in [0.2, 0.25) is 0 Å². The number of nitrogens with zero attached hydrogens (tertiary/aromatic N) is 5. The van der Waals surface area contributed by atoms with E-state index >= 15 is 0 Å². The number of amides is 2. The van der Waals surface area contributed by atoms with Crippen LogP contribution in [0.1, 0.15) is 17.4 Å². The van der Waals surface area contributed by atoms with Gasteiger partial charge in [-0.3, -0.25) is 0 Å². The predicted octanol–water partition coefficient (Wildman–Crippen LogP) is 2.58. The molecule has 4 rings (SSSR count). The summed E-state index contributed by atoms with van der Waals surface area (Å²) in [4.78, 5) is 25.3. The first-order valence-corrected chi connectivity index (χ1v) is 10.1. The monoisotopic (exact) mass is 424 g/mol. The summed E-state index contributed by atoms with van der Waals surface area (Å²) >= 11 is 0. The number of benzene rings is 1. The molecule has 0 saturated carbocycles. The van der Waals surface area contributed by atoms with Gasteiger partial charge in [0.2, 0.25) is 0 Å². The fraction of sp³-hybridized carbons (Fsp3) is 0.318. The van der Waals surface area contributed by atoms with Crippen LogP contribution in [0.5, 0.6) is 5.75 Å². The zero-order valence-corrected chi connectivity index (χ0v) is 17.5. The third-order valence-electron chi connectivity index (χ3n) is 5.44. The maximum atomic E-state index is 14.0. The van der Waals surface area contributed by atoms with E-state index < -0.39 is 6.04 Å². The normalized spacial score (nSPS) is 14.9. The van der Waals surface area contributed by atoms with Crippen LogP contribution >= 0.6 is 0 Å². The standard InChI is InChI=1S/C22H25FN6O2/c1-27-11-10-25-21(27)19(16-6-3-4-8-18(16)31-2)26-22(30)29-14-12-28(13-15-29)20-17(23)7-5-9-24-20/h3-11,19H,12-15H2,1-2H3,(H,26,30). The van der Waals surface area contributed by atoms with Crippen LogP contribution in [0.3, 0.4) is 0 Å². The molecular weight excluding hydrogens is 399 g/mol. The summed E-state index contributed by atoms with van der Waals surface area (Å²) in [6, 6.07) is 9.84. The van der Waals surface area contributed by atoms with Gasteiger partial charge >= 0.3 is 6.03 Å². The molecule has 1 aliphatic rings. The highest BCUT2D eigenvalue weighted by atomic mass is 19.1. The van der Waals surface area contributed by atoms with Crippen LogP contribution in [-0.2, 0) is 7.05 Å². The number of imidazole rings is 1. The summed E-state index contributed by atoms with van der Waals surface area (Å²) in [5.74, 6) is 1.34. The number of hydrogen-bond donors (Lipinski definition) is 1. The Bertz CT molecular complexity index is 1050. The molecule has 1 fully saturated rings. The SMILES string of the molecule is COc1ccccc1C(NC(=O)N1CCN(c2ncccc2F)CC1)c1nccn1C. The molecule has 162 valence electrons. The number of nitrogens with one attached hydrogen (secondary N) is 1. The molecule has 0 spiro atoms. The Hall–Kier alpha value is -3.62. The Morgan fingerprint density at radius 1 is 1.10 bits per heavy atom. The Labute approximate surface area is 180 Å². The fourth-order valence-electron chi connectivity index (χ4n) is 3.79. The van der Waals surface area contributed by atoms with Gasteiger partial charge in [0.05, 0.1) is 7.11 Å². The zero-order valence-electron chi connectivity index (χ0n) is 17.5. The molecular formula is C22H25FN6O2. The topological polar surface area (TPSA) is 75.5 Å². The predicted molar refractivity (Wildman–Crippen MR) is 115 cm³/mol. The summed E-state index contributed by atoms with van der Waals surface area (Å²) in [7, 11) is 3.49. The highest BCUT2D eigenvalue weighted by molar-refractivity contribution is 5.75. The summed E-state index contributed by atoms with van der Waals surface area (Å²) in [6.45, 7) is 1.92. The van der Waals surface area contributed by atoms with E-state index in [9.17, 15) is 9.18 Å². The molecule has 9 heteroatoms. The maximum Gasteiger partial charge on any atom is 0.318 e. The number of para-hydroxylation sites is 1. The number of anilines is 1. The van der Waals surface area contributed by atoms with E-state index in [1.807, 2.05) is 47.0 Å². The molecule has 1 aliphatic heterocycles. The van der Waals surface area contributed by atoms with Gasteiger partial charge in [-0.2, -0.15) is 0 Å². The van der Waals surface area contributed by atoms with Crippen molar-refractivity contribution in [2.75, 3.05) is 38.2 Å². The molecule has 2 aromatic heterocycles. The van der Waals surface area contributed by atoms with Gasteiger partial charge < -0.3 is 24.4 Å². The summed E-state index contributed by atoms with van der Waals surface area (Å²) in [6.07, 6.45) is 5.11. The lowest BCUT2D eigenvalue weighted by Crippen LogP contribution is -2.53. The molecule has 2 amide bonds. The number of rotatable bonds is 5. The van der Waals surface area contributed by atoms with Gasteiger partial charge in [0.25, 0.3) is 0 Å². The maximum absolute atomic E-state index is 14.0. The van der Waals surface area contributed by atoms with Crippen LogP contribution in [-0.4, -0.2) is 58.8 Å². The second-order valence-corrected chi connectivity index (χ2v) is 7.30. The number of methoxy groups -OCH3 is 1. The molecule has 1 saturated heterocycles. The van der Waals surface area contributed by atoms with Gasteiger partial charge in [-0.05, 0) is 18.2 Å². The third-order valence-corrected chi connectivity index (χ3v) is 5.44. The van der Waals surface area contributed by atoms with Gasteiger partial charge in [-0.1, -0.05) is 18.2 Å². The lowest BCUT2D eigenvalue weighted by molar-refractivity contribution is 0.191. The van der Waals surface area contributed by atoms with Crippen molar-refractivity contribution in [3.63, 3.8) is 0 Å². The van der Waals surface area contributed by atoms with Gasteiger partial charge in [-0.25, -0.2) is 19.2 Å². The fourth-order valence-corrected chi connectivity index (χ4v) is 3.79. The van der Waals surface area contributed by atoms with E-state index in [2.05, 4.69) is 15.3 Å². The molecule has 1 aromatic carbocycles. The van der Waals surface area contributed by atoms with E-state index in [-0.39, 0.29) is 11.8 Å². The minimum absolute atomic E-state index is 0.208. The van der Waals surface area contributed by atoms with Crippen molar-refractivity contribution in [3.05, 3.63) is 72.2 Å². The molecule has 3 aromatic rings. The average Bonchev–Trinajstić information content (AvgIpc) is 3.23. The quantitative estimate of drug-likeness (QED) is 0.682. The molecule has 1 unspecified atom stereocenters. The van der Waals surface area contributed by atoms with E-state index in [1.165, 1.54) is 6.07 Å². The molecule has 0 radical (unpaired) electrons. The van der Waals surface area contributed by atoms with Gasteiger partial charge in [0.15, 0.2) is 11.6 Å². The van der Waals surface area contributed by atoms with Gasteiger partial charge in [0, 0.05) is 57.4 Å². The lowest BCUT2D eigenvalue weighted by Gasteiger charge is -2.36. The molecule has 8 nitrogen and oxygen atoms in total. The van der Waals surface area contributed by atoms with Crippen molar-refractivity contribution in [3.8, 4) is 5.75 Å². The van der Waals surface area contributed by atoms with Crippen molar-refractivity contribution in [1.29, 1.82) is 0 Å². The Morgan fingerprint density at radius 3 is 2.55 bits per heavy atom. The Kier molecular flexibility index (Phi) is 6.01. The number of aryl methyl sites for hydroxylation is 1. The minimum atomic E-state index is -0.477. The summed E-state index contributed by atoms with van der Waals surface area (Å²) in [5, 5.41) is 3.10. The lowest BCUT2D eigenvalue weighted by atomic mass is 10.0. The summed E-state index contributed by atoms with van der Waals surface area (Å²) in [5.41, 5.74) is 0.821. The molecule has 0 bridgehead atoms. The number of urea groups is 1. The van der Waals surface area contributed by atoms with Gasteiger partial charge in [-0.15, -0.1) is 0 Å². The molecule has 1 N–H and O–H groups in total. The van der Waals surface area contributed by atoms with Crippen LogP contribution in [0.25, 0.3) is 0 Å². The largest absolute Gasteiger partial charge is 0.496 e. The Balaban J connectivity index is 1.50. The smallest absolute Gasteiger partial charge is 0.318 e. The van der Waals surface area contributed by atoms with E-state index in [4.69, 9.17) is 4.74 Å². The van der Waals surface area contributed by atoms with Gasteiger partial charge in [0.1, 0.15) is 17.6 Å². The number of carbonyl (C=O) groups is 1. The first-order valence-electron chi connectivity index (χ1n) is 10.1. The number of carbonyl (C=O) groups excluding carboxylic acids is 1. The van der Waals surface area contributed by atoms with Crippen molar-refractivity contribution >= 4 is 11.8 Å². The molecule has 3 heterocycles. The zero-order chi connectivity index (χ0) is 21.8. The van der Waals surface area contributed by atoms with Crippen LogP contribution in [0.15, 0.2) is 55.0 Å². The average molecular weight is 424 g/mol. The molecule has 0 aliphatic carbocycles. The number of halogens is 1. The van der Waals surface area contributed by atoms with Crippen molar-refractivity contribution in [2.45, 2.75) is 6.04 Å². The minimum Gasteiger partial charge on any atom is -0.496 e. The van der Waals surface area contributed by atoms with Crippen molar-refractivity contribution in [2.24, 2.45) is 7.05 Å². The van der Waals surface area contributed by atoms with Crippen molar-refractivity contribution in [1.82, 2.24) is 24.8 Å². The first-order chi connectivity index (χ1) is 15.1. The van der Waals surface area contributed by atoms with E-state index in [0.717, 1.165) is 5.56 Å². The van der Waals surface area contributed by atoms with Crippen molar-refractivity contribution < 1.29 is 13.9 Å². The van der Waals surface area contributed by atoms with Crippen LogP contribution < -0.4 is 15.0 Å². The number of ether oxygens (including phenoxy) is 1. The molecule has 31 heavy (non-hydrogen) atoms. The Morgan fingerprint density at radius 2 is 1.87 bits per heavy atom. The highest BCUT2D eigenvalue weighted by Crippen LogP contribution is 2.29. The van der Waals surface area contributed by atoms with E-state index in [0.29, 0.717) is 43.6 Å². The van der Waals surface area contributed by atoms with Crippen LogP contribution in [0, 0.1) is 5.82 Å². The third kappa shape index (κ3) is 4.30.